The van der Waals surface area contributed by atoms with Gasteiger partial charge < -0.3 is 30.3 Å². The molecule has 1 heterocycles. The molecule has 0 aromatic rings. The summed E-state index contributed by atoms with van der Waals surface area (Å²) in [4.78, 5) is 0. The van der Waals surface area contributed by atoms with Gasteiger partial charge in [-0.2, -0.15) is 0 Å². The highest BCUT2D eigenvalue weighted by Gasteiger charge is 2.44. The van der Waals surface area contributed by atoms with Crippen LogP contribution in [-0.2, 0) is 4.74 Å². The first kappa shape index (κ1) is 16.5. The van der Waals surface area contributed by atoms with Gasteiger partial charge in [-0.15, -0.1) is 11.8 Å². The maximum Gasteiger partial charge on any atom is 0.132 e. The summed E-state index contributed by atoms with van der Waals surface area (Å²) in [6.45, 7) is -0.407. The number of aliphatic hydroxyl groups excluding tert-OH is 5. The van der Waals surface area contributed by atoms with Gasteiger partial charge in [-0.3, -0.25) is 0 Å². The second-order valence-electron chi connectivity index (χ2n) is 5.63. The number of hydrogen-bond donors (Lipinski definition) is 5. The molecular weight excluding hydrogens is 284 g/mol. The molecule has 0 spiro atoms. The number of aliphatic hydroxyl groups is 5. The van der Waals surface area contributed by atoms with Crippen molar-refractivity contribution in [3.8, 4) is 0 Å². The van der Waals surface area contributed by atoms with Gasteiger partial charge >= 0.3 is 0 Å². The molecule has 5 N–H and O–H groups in total. The van der Waals surface area contributed by atoms with Gasteiger partial charge in [0.15, 0.2) is 0 Å². The summed E-state index contributed by atoms with van der Waals surface area (Å²) in [6, 6.07) is 0. The minimum absolute atomic E-state index is 0.147. The zero-order valence-corrected chi connectivity index (χ0v) is 12.2. The van der Waals surface area contributed by atoms with Crippen molar-refractivity contribution >= 4 is 11.8 Å². The minimum atomic E-state index is -1.32. The van der Waals surface area contributed by atoms with Crippen LogP contribution in [0.5, 0.6) is 0 Å². The lowest BCUT2D eigenvalue weighted by atomic mass is 10.0. The molecule has 0 aromatic heterocycles. The summed E-state index contributed by atoms with van der Waals surface area (Å²) in [5, 5.41) is 48.6. The van der Waals surface area contributed by atoms with E-state index in [4.69, 9.17) is 9.84 Å². The van der Waals surface area contributed by atoms with Crippen LogP contribution in [0.1, 0.15) is 32.1 Å². The Kier molecular flexibility index (Phi) is 6.09. The fraction of sp³-hybridized carbons (Fsp3) is 1.00. The average Bonchev–Trinajstić information content (AvgIpc) is 2.63. The summed E-state index contributed by atoms with van der Waals surface area (Å²) in [7, 11) is 0. The van der Waals surface area contributed by atoms with E-state index in [0.29, 0.717) is 6.42 Å². The first-order valence-corrected chi connectivity index (χ1v) is 8.11. The smallest absolute Gasteiger partial charge is 0.132 e. The summed E-state index contributed by atoms with van der Waals surface area (Å²) < 4.78 is 5.48. The van der Waals surface area contributed by atoms with E-state index in [9.17, 15) is 20.4 Å². The summed E-state index contributed by atoms with van der Waals surface area (Å²) in [6.07, 6.45) is -0.651. The Morgan fingerprint density at radius 1 is 0.950 bits per heavy atom. The van der Waals surface area contributed by atoms with E-state index in [1.54, 1.807) is 0 Å². The normalized spacial score (nSPS) is 47.0. The molecular formula is C13H24O6S. The highest BCUT2D eigenvalue weighted by molar-refractivity contribution is 8.00. The molecule has 2 rings (SSSR count). The lowest BCUT2D eigenvalue weighted by molar-refractivity contribution is -0.205. The quantitative estimate of drug-likeness (QED) is 0.435. The molecule has 2 aliphatic rings. The first-order valence-electron chi connectivity index (χ1n) is 7.17. The average molecular weight is 308 g/mol. The van der Waals surface area contributed by atoms with Gasteiger partial charge in [-0.1, -0.05) is 12.8 Å². The predicted molar refractivity (Wildman–Crippen MR) is 74.2 cm³/mol. The monoisotopic (exact) mass is 308 g/mol. The Hall–Kier alpha value is 0.110. The van der Waals surface area contributed by atoms with Crippen molar-refractivity contribution in [1.82, 2.24) is 0 Å². The van der Waals surface area contributed by atoms with Crippen LogP contribution in [0.3, 0.4) is 0 Å². The van der Waals surface area contributed by atoms with Crippen LogP contribution in [0.25, 0.3) is 0 Å². The molecule has 6 nitrogen and oxygen atoms in total. The second kappa shape index (κ2) is 7.40. The third-order valence-corrected chi connectivity index (χ3v) is 5.49. The van der Waals surface area contributed by atoms with E-state index in [-0.39, 0.29) is 11.4 Å². The van der Waals surface area contributed by atoms with Crippen LogP contribution >= 0.6 is 11.8 Å². The van der Waals surface area contributed by atoms with Gasteiger partial charge in [0.05, 0.1) is 12.7 Å². The van der Waals surface area contributed by atoms with Crippen molar-refractivity contribution in [1.29, 1.82) is 0 Å². The number of ether oxygens (including phenoxy) is 1. The fourth-order valence-corrected chi connectivity index (χ4v) is 4.33. The van der Waals surface area contributed by atoms with E-state index < -0.39 is 36.5 Å². The molecule has 1 aliphatic carbocycles. The maximum absolute atomic E-state index is 9.99. The zero-order chi connectivity index (χ0) is 14.7. The molecule has 0 aromatic carbocycles. The van der Waals surface area contributed by atoms with Crippen molar-refractivity contribution in [3.05, 3.63) is 0 Å². The van der Waals surface area contributed by atoms with Crippen molar-refractivity contribution in [2.75, 3.05) is 6.61 Å². The third kappa shape index (κ3) is 3.85. The van der Waals surface area contributed by atoms with Crippen molar-refractivity contribution in [2.24, 2.45) is 0 Å². The molecule has 0 bridgehead atoms. The molecule has 1 saturated heterocycles. The molecule has 7 atom stereocenters. The molecule has 2 unspecified atom stereocenters. The molecule has 118 valence electrons. The zero-order valence-electron chi connectivity index (χ0n) is 11.3. The van der Waals surface area contributed by atoms with E-state index in [0.717, 1.165) is 25.7 Å². The second-order valence-corrected chi connectivity index (χ2v) is 7.03. The van der Waals surface area contributed by atoms with Gasteiger partial charge in [0.1, 0.15) is 29.9 Å². The van der Waals surface area contributed by atoms with Crippen LogP contribution in [0.2, 0.25) is 0 Å². The van der Waals surface area contributed by atoms with E-state index in [1.165, 1.54) is 11.8 Å². The number of thioether (sulfide) groups is 1. The van der Waals surface area contributed by atoms with Gasteiger partial charge in [-0.05, 0) is 19.3 Å². The highest BCUT2D eigenvalue weighted by Crippen LogP contribution is 2.36. The van der Waals surface area contributed by atoms with Crippen LogP contribution in [0.4, 0.5) is 0 Å². The summed E-state index contributed by atoms with van der Waals surface area (Å²) in [5.74, 6) is 0. The topological polar surface area (TPSA) is 110 Å². The van der Waals surface area contributed by atoms with Crippen molar-refractivity contribution in [2.45, 2.75) is 73.3 Å². The number of rotatable bonds is 3. The standard InChI is InChI=1S/C13H24O6S/c14-6-9-10(16)11(17)12(18)13(19-9)20-8-4-2-1-3-7(15)5-8/h7-18H,1-6H2/t7?,8?,9-,10+,11+,12-,13+/m1/s1. The number of hydrogen-bond acceptors (Lipinski definition) is 7. The SMILES string of the molecule is OC[C@H]1O[C@@H](SC2CCCCC(O)C2)[C@H](O)[C@@H](O)[C@H]1O. The lowest BCUT2D eigenvalue weighted by Gasteiger charge is -2.40. The van der Waals surface area contributed by atoms with Crippen LogP contribution in [0.15, 0.2) is 0 Å². The predicted octanol–water partition coefficient (Wildman–Crippen LogP) is -0.787. The Labute approximate surface area is 122 Å². The van der Waals surface area contributed by atoms with Crippen LogP contribution in [-0.4, -0.2) is 73.3 Å². The van der Waals surface area contributed by atoms with Crippen molar-refractivity contribution < 1.29 is 30.3 Å². The Morgan fingerprint density at radius 3 is 2.35 bits per heavy atom. The minimum Gasteiger partial charge on any atom is -0.394 e. The maximum atomic E-state index is 9.99. The lowest BCUT2D eigenvalue weighted by Crippen LogP contribution is -2.57. The molecule has 0 amide bonds. The molecule has 2 fully saturated rings. The van der Waals surface area contributed by atoms with Gasteiger partial charge in [0.25, 0.3) is 0 Å². The highest BCUT2D eigenvalue weighted by atomic mass is 32.2. The van der Waals surface area contributed by atoms with Gasteiger partial charge in [0, 0.05) is 5.25 Å². The molecule has 1 saturated carbocycles. The third-order valence-electron chi connectivity index (χ3n) is 4.02. The Balaban J connectivity index is 1.96. The van der Waals surface area contributed by atoms with Crippen molar-refractivity contribution in [3.63, 3.8) is 0 Å². The van der Waals surface area contributed by atoms with Crippen LogP contribution < -0.4 is 0 Å². The molecule has 0 radical (unpaired) electrons. The van der Waals surface area contributed by atoms with E-state index >= 15 is 0 Å². The summed E-state index contributed by atoms with van der Waals surface area (Å²) in [5.41, 5.74) is -0.694. The van der Waals surface area contributed by atoms with Gasteiger partial charge in [0.2, 0.25) is 0 Å². The summed E-state index contributed by atoms with van der Waals surface area (Å²) >= 11 is 1.38. The van der Waals surface area contributed by atoms with Crippen LogP contribution in [0, 0.1) is 0 Å². The Bertz CT molecular complexity index is 303. The van der Waals surface area contributed by atoms with Gasteiger partial charge in [-0.25, -0.2) is 0 Å². The molecule has 1 aliphatic heterocycles. The van der Waals surface area contributed by atoms with E-state index in [1.807, 2.05) is 0 Å². The first-order chi connectivity index (χ1) is 9.52. The molecule has 7 heteroatoms. The largest absolute Gasteiger partial charge is 0.394 e. The Morgan fingerprint density at radius 2 is 1.65 bits per heavy atom. The fourth-order valence-electron chi connectivity index (χ4n) is 2.78. The molecule has 20 heavy (non-hydrogen) atoms. The van der Waals surface area contributed by atoms with E-state index in [2.05, 4.69) is 0 Å².